The monoisotopic (exact) mass is 423 g/mol. The third kappa shape index (κ3) is 8.28. The van der Waals surface area contributed by atoms with Crippen molar-refractivity contribution in [3.8, 4) is 11.5 Å². The molecule has 0 spiro atoms. The molecule has 126 valence electrons. The topological polar surface area (TPSA) is 78.1 Å². The molecule has 0 saturated carbocycles. The molecule has 0 aliphatic heterocycles. The van der Waals surface area contributed by atoms with Gasteiger partial charge in [0.25, 0.3) is 0 Å². The van der Waals surface area contributed by atoms with Gasteiger partial charge in [-0.05, 0) is 26.0 Å². The zero-order valence-corrected chi connectivity index (χ0v) is 15.9. The number of rotatable bonds is 8. The molecular weight excluding hydrogens is 397 g/mol. The van der Waals surface area contributed by atoms with Crippen molar-refractivity contribution < 1.29 is 14.2 Å². The lowest BCUT2D eigenvalue weighted by Crippen LogP contribution is -2.41. The Morgan fingerprint density at radius 2 is 1.95 bits per heavy atom. The average Bonchev–Trinajstić information content (AvgIpc) is 2.45. The molecule has 0 fully saturated rings. The van der Waals surface area contributed by atoms with E-state index in [-0.39, 0.29) is 36.1 Å². The van der Waals surface area contributed by atoms with Crippen LogP contribution in [-0.4, -0.2) is 45.5 Å². The predicted molar refractivity (Wildman–Crippen MR) is 99.5 cm³/mol. The van der Waals surface area contributed by atoms with Gasteiger partial charge in [0.2, 0.25) is 0 Å². The number of halogens is 1. The van der Waals surface area contributed by atoms with Crippen LogP contribution in [0.1, 0.15) is 13.8 Å². The second-order valence-electron chi connectivity index (χ2n) is 4.83. The summed E-state index contributed by atoms with van der Waals surface area (Å²) in [5.41, 5.74) is 5.80. The van der Waals surface area contributed by atoms with Crippen LogP contribution in [0.5, 0.6) is 11.5 Å². The summed E-state index contributed by atoms with van der Waals surface area (Å²) in [4.78, 5) is 4.26. The molecule has 6 nitrogen and oxygen atoms in total. The first kappa shape index (κ1) is 20.8. The first-order chi connectivity index (χ1) is 10.0. The predicted octanol–water partition coefficient (Wildman–Crippen LogP) is 2.02. The molecule has 0 saturated heterocycles. The third-order valence-electron chi connectivity index (χ3n) is 2.71. The number of nitrogens with two attached hydrogens (primary N) is 1. The zero-order valence-electron chi connectivity index (χ0n) is 13.5. The van der Waals surface area contributed by atoms with Crippen LogP contribution in [0.4, 0.5) is 0 Å². The van der Waals surface area contributed by atoms with Gasteiger partial charge >= 0.3 is 0 Å². The average molecular weight is 423 g/mol. The summed E-state index contributed by atoms with van der Waals surface area (Å²) in [5, 5.41) is 3.05. The fourth-order valence-corrected chi connectivity index (χ4v) is 1.76. The minimum Gasteiger partial charge on any atom is -0.497 e. The van der Waals surface area contributed by atoms with Gasteiger partial charge in [-0.3, -0.25) is 0 Å². The maximum absolute atomic E-state index is 5.80. The Kier molecular flexibility index (Phi) is 10.7. The van der Waals surface area contributed by atoms with E-state index in [4.69, 9.17) is 19.9 Å². The maximum atomic E-state index is 5.80. The molecular formula is C15H26IN3O3. The lowest BCUT2D eigenvalue weighted by atomic mass is 10.3. The van der Waals surface area contributed by atoms with E-state index < -0.39 is 0 Å². The van der Waals surface area contributed by atoms with Crippen molar-refractivity contribution in [2.75, 3.05) is 27.4 Å². The molecule has 0 heterocycles. The molecule has 0 radical (unpaired) electrons. The summed E-state index contributed by atoms with van der Waals surface area (Å²) in [6.45, 7) is 4.96. The van der Waals surface area contributed by atoms with Gasteiger partial charge in [-0.2, -0.15) is 0 Å². The Bertz CT molecular complexity index is 457. The molecule has 1 rings (SSSR count). The van der Waals surface area contributed by atoms with E-state index in [1.54, 1.807) is 14.2 Å². The number of benzene rings is 1. The van der Waals surface area contributed by atoms with Gasteiger partial charge in [-0.1, -0.05) is 6.07 Å². The van der Waals surface area contributed by atoms with E-state index in [0.29, 0.717) is 19.1 Å². The fourth-order valence-electron chi connectivity index (χ4n) is 1.76. The molecule has 7 heteroatoms. The molecule has 0 amide bonds. The number of methoxy groups -OCH3 is 2. The normalized spacial score (nSPS) is 13.7. The van der Waals surface area contributed by atoms with Crippen molar-refractivity contribution >= 4 is 29.9 Å². The number of guanidine groups is 1. The third-order valence-corrected chi connectivity index (χ3v) is 2.71. The van der Waals surface area contributed by atoms with Crippen LogP contribution in [0.3, 0.4) is 0 Å². The maximum Gasteiger partial charge on any atom is 0.189 e. The van der Waals surface area contributed by atoms with Crippen LogP contribution in [0.25, 0.3) is 0 Å². The number of aliphatic imine (C=N–C) groups is 1. The molecule has 0 aliphatic carbocycles. The number of nitrogens with one attached hydrogen (secondary N) is 1. The highest BCUT2D eigenvalue weighted by molar-refractivity contribution is 14.0. The minimum atomic E-state index is -0.0878. The van der Waals surface area contributed by atoms with Crippen LogP contribution in [0, 0.1) is 0 Å². The van der Waals surface area contributed by atoms with E-state index in [9.17, 15) is 0 Å². The molecule has 2 unspecified atom stereocenters. The summed E-state index contributed by atoms with van der Waals surface area (Å²) in [6, 6.07) is 7.59. The van der Waals surface area contributed by atoms with Crippen molar-refractivity contribution in [2.24, 2.45) is 10.7 Å². The highest BCUT2D eigenvalue weighted by Gasteiger charge is 2.06. The Balaban J connectivity index is 0.00000441. The summed E-state index contributed by atoms with van der Waals surface area (Å²) in [6.07, 6.45) is -0.0878. The number of hydrogen-bond donors (Lipinski definition) is 2. The highest BCUT2D eigenvalue weighted by atomic mass is 127. The lowest BCUT2D eigenvalue weighted by Gasteiger charge is -2.15. The van der Waals surface area contributed by atoms with Crippen molar-refractivity contribution in [2.45, 2.75) is 26.0 Å². The van der Waals surface area contributed by atoms with Crippen molar-refractivity contribution in [3.63, 3.8) is 0 Å². The van der Waals surface area contributed by atoms with Gasteiger partial charge in [-0.15, -0.1) is 24.0 Å². The standard InChI is InChI=1S/C15H25N3O3.HI/c1-11(10-19-3)18-15(16)17-9-12(2)21-14-7-5-6-13(8-14)20-4;/h5-8,11-12H,9-10H2,1-4H3,(H3,16,17,18);1H. The fraction of sp³-hybridized carbons (Fsp3) is 0.533. The van der Waals surface area contributed by atoms with Crippen LogP contribution < -0.4 is 20.5 Å². The van der Waals surface area contributed by atoms with Gasteiger partial charge in [-0.25, -0.2) is 4.99 Å². The Morgan fingerprint density at radius 3 is 2.59 bits per heavy atom. The molecule has 3 N–H and O–H groups in total. The molecule has 0 aromatic heterocycles. The van der Waals surface area contributed by atoms with Gasteiger partial charge < -0.3 is 25.3 Å². The first-order valence-corrected chi connectivity index (χ1v) is 6.91. The van der Waals surface area contributed by atoms with Gasteiger partial charge in [0.05, 0.1) is 20.3 Å². The summed E-state index contributed by atoms with van der Waals surface area (Å²) in [5.74, 6) is 1.90. The second kappa shape index (κ2) is 11.4. The summed E-state index contributed by atoms with van der Waals surface area (Å²) in [7, 11) is 3.27. The molecule has 2 atom stereocenters. The Labute approximate surface area is 149 Å². The van der Waals surface area contributed by atoms with Crippen molar-refractivity contribution in [1.29, 1.82) is 0 Å². The van der Waals surface area contributed by atoms with E-state index >= 15 is 0 Å². The molecule has 0 aliphatic rings. The largest absolute Gasteiger partial charge is 0.497 e. The zero-order chi connectivity index (χ0) is 15.7. The van der Waals surface area contributed by atoms with E-state index in [1.165, 1.54) is 0 Å². The quantitative estimate of drug-likeness (QED) is 0.380. The minimum absolute atomic E-state index is 0. The van der Waals surface area contributed by atoms with Crippen LogP contribution in [-0.2, 0) is 4.74 Å². The smallest absolute Gasteiger partial charge is 0.189 e. The van der Waals surface area contributed by atoms with Gasteiger partial charge in [0.1, 0.15) is 17.6 Å². The van der Waals surface area contributed by atoms with E-state index in [2.05, 4.69) is 10.3 Å². The van der Waals surface area contributed by atoms with Crippen LogP contribution in [0.15, 0.2) is 29.3 Å². The SMILES string of the molecule is COCC(C)NC(N)=NCC(C)Oc1cccc(OC)c1.I. The Morgan fingerprint density at radius 1 is 1.27 bits per heavy atom. The molecule has 0 bridgehead atoms. The molecule has 1 aromatic rings. The van der Waals surface area contributed by atoms with Gasteiger partial charge in [0, 0.05) is 19.2 Å². The highest BCUT2D eigenvalue weighted by Crippen LogP contribution is 2.19. The molecule has 22 heavy (non-hydrogen) atoms. The van der Waals surface area contributed by atoms with Crippen LogP contribution >= 0.6 is 24.0 Å². The number of ether oxygens (including phenoxy) is 3. The van der Waals surface area contributed by atoms with Gasteiger partial charge in [0.15, 0.2) is 5.96 Å². The summed E-state index contributed by atoms with van der Waals surface area (Å²) < 4.78 is 15.9. The molecule has 1 aromatic carbocycles. The Hall–Kier alpha value is -1.22. The number of hydrogen-bond acceptors (Lipinski definition) is 4. The van der Waals surface area contributed by atoms with Crippen LogP contribution in [0.2, 0.25) is 0 Å². The first-order valence-electron chi connectivity index (χ1n) is 6.91. The van der Waals surface area contributed by atoms with E-state index in [1.807, 2.05) is 38.1 Å². The van der Waals surface area contributed by atoms with Crippen molar-refractivity contribution in [1.82, 2.24) is 5.32 Å². The summed E-state index contributed by atoms with van der Waals surface area (Å²) >= 11 is 0. The number of nitrogens with zero attached hydrogens (tertiary/aromatic N) is 1. The van der Waals surface area contributed by atoms with E-state index in [0.717, 1.165) is 11.5 Å². The lowest BCUT2D eigenvalue weighted by molar-refractivity contribution is 0.179. The second-order valence-corrected chi connectivity index (χ2v) is 4.83. The van der Waals surface area contributed by atoms with Crippen molar-refractivity contribution in [3.05, 3.63) is 24.3 Å².